The first-order valence-corrected chi connectivity index (χ1v) is 4.84. The van der Waals surface area contributed by atoms with Crippen LogP contribution in [0.4, 0.5) is 0 Å². The Kier molecular flexibility index (Phi) is 8.39. The maximum absolute atomic E-state index is 10.1. The molecule has 0 aromatic heterocycles. The molecule has 0 bridgehead atoms. The van der Waals surface area contributed by atoms with E-state index >= 15 is 0 Å². The van der Waals surface area contributed by atoms with Gasteiger partial charge >= 0.3 is 0 Å². The van der Waals surface area contributed by atoms with E-state index in [4.69, 9.17) is 4.74 Å². The molecule has 0 fully saturated rings. The van der Waals surface area contributed by atoms with Crippen molar-refractivity contribution in [3.8, 4) is 5.75 Å². The molecule has 0 spiro atoms. The van der Waals surface area contributed by atoms with Gasteiger partial charge < -0.3 is 14.3 Å². The number of hydrogen-bond acceptors (Lipinski definition) is 3. The molecule has 0 saturated heterocycles. The first-order valence-electron chi connectivity index (χ1n) is 4.84. The monoisotopic (exact) mass is 210 g/mol. The molecule has 0 heterocycles. The van der Waals surface area contributed by atoms with Crippen LogP contribution in [-0.2, 0) is 16.0 Å². The highest BCUT2D eigenvalue weighted by Crippen LogP contribution is 2.10. The number of carbonyl (C=O) groups is 1. The molecule has 1 rings (SSSR count). The van der Waals surface area contributed by atoms with Crippen molar-refractivity contribution >= 4 is 6.29 Å². The van der Waals surface area contributed by atoms with Gasteiger partial charge in [0.25, 0.3) is 0 Å². The maximum Gasteiger partial charge on any atom is 0.124 e. The Balaban J connectivity index is 0.000000423. The van der Waals surface area contributed by atoms with Crippen molar-refractivity contribution in [2.75, 3.05) is 20.8 Å². The van der Waals surface area contributed by atoms with E-state index in [0.717, 1.165) is 24.2 Å². The largest absolute Gasteiger partial charge is 0.497 e. The zero-order chi connectivity index (χ0) is 11.5. The molecule has 0 N–H and O–H groups in total. The van der Waals surface area contributed by atoms with Gasteiger partial charge in [0.15, 0.2) is 0 Å². The van der Waals surface area contributed by atoms with Crippen LogP contribution in [0.5, 0.6) is 5.75 Å². The van der Waals surface area contributed by atoms with Crippen LogP contribution in [0, 0.1) is 0 Å². The highest BCUT2D eigenvalue weighted by molar-refractivity contribution is 5.55. The van der Waals surface area contributed by atoms with E-state index < -0.39 is 0 Å². The number of rotatable bonds is 4. The maximum atomic E-state index is 10.1. The predicted octanol–water partition coefficient (Wildman–Crippen LogP) is 2.09. The number of ether oxygens (including phenoxy) is 2. The topological polar surface area (TPSA) is 35.5 Å². The lowest BCUT2D eigenvalue weighted by Gasteiger charge is -1.98. The summed E-state index contributed by atoms with van der Waals surface area (Å²) in [5, 5.41) is 0. The molecule has 1 aromatic carbocycles. The van der Waals surface area contributed by atoms with E-state index in [2.05, 4.69) is 4.74 Å². The van der Waals surface area contributed by atoms with Crippen molar-refractivity contribution in [1.82, 2.24) is 0 Å². The third-order valence-corrected chi connectivity index (χ3v) is 1.77. The van der Waals surface area contributed by atoms with Crippen molar-refractivity contribution in [3.63, 3.8) is 0 Å². The molecule has 0 amide bonds. The Morgan fingerprint density at radius 2 is 1.73 bits per heavy atom. The molecular formula is C12H18O3. The van der Waals surface area contributed by atoms with Gasteiger partial charge in [-0.15, -0.1) is 0 Å². The second-order valence-electron chi connectivity index (χ2n) is 2.80. The van der Waals surface area contributed by atoms with E-state index in [9.17, 15) is 4.79 Å². The molecule has 0 atom stereocenters. The second kappa shape index (κ2) is 9.21. The van der Waals surface area contributed by atoms with Crippen molar-refractivity contribution in [3.05, 3.63) is 29.8 Å². The van der Waals surface area contributed by atoms with Crippen LogP contribution in [-0.4, -0.2) is 27.1 Å². The molecule has 0 unspecified atom stereocenters. The summed E-state index contributed by atoms with van der Waals surface area (Å²) >= 11 is 0. The summed E-state index contributed by atoms with van der Waals surface area (Å²) in [6.45, 7) is 2.78. The lowest BCUT2D eigenvalue weighted by molar-refractivity contribution is -0.107. The van der Waals surface area contributed by atoms with E-state index in [-0.39, 0.29) is 0 Å². The number of methoxy groups -OCH3 is 2. The quantitative estimate of drug-likeness (QED) is 0.714. The number of hydrogen-bond donors (Lipinski definition) is 0. The van der Waals surface area contributed by atoms with Gasteiger partial charge in [-0.1, -0.05) is 12.1 Å². The van der Waals surface area contributed by atoms with E-state index in [1.165, 1.54) is 0 Å². The second-order valence-corrected chi connectivity index (χ2v) is 2.80. The first kappa shape index (κ1) is 13.7. The van der Waals surface area contributed by atoms with Crippen LogP contribution < -0.4 is 4.74 Å². The molecule has 0 aliphatic heterocycles. The number of benzene rings is 1. The van der Waals surface area contributed by atoms with Crippen LogP contribution in [0.15, 0.2) is 24.3 Å². The van der Waals surface area contributed by atoms with Gasteiger partial charge in [0.1, 0.15) is 12.0 Å². The molecule has 3 nitrogen and oxygen atoms in total. The average Bonchev–Trinajstić information content (AvgIpc) is 2.31. The van der Waals surface area contributed by atoms with Crippen molar-refractivity contribution in [2.24, 2.45) is 0 Å². The Bertz CT molecular complexity index is 252. The van der Waals surface area contributed by atoms with Crippen molar-refractivity contribution in [2.45, 2.75) is 13.3 Å². The van der Waals surface area contributed by atoms with Crippen molar-refractivity contribution in [1.29, 1.82) is 0 Å². The first-order chi connectivity index (χ1) is 7.28. The molecule has 15 heavy (non-hydrogen) atoms. The zero-order valence-electron chi connectivity index (χ0n) is 9.53. The fourth-order valence-corrected chi connectivity index (χ4v) is 0.858. The van der Waals surface area contributed by atoms with E-state index in [0.29, 0.717) is 6.42 Å². The molecule has 0 radical (unpaired) electrons. The summed E-state index contributed by atoms with van der Waals surface area (Å²) in [5.41, 5.74) is 1.01. The molecule has 0 saturated carbocycles. The minimum atomic E-state index is 0.476. The summed E-state index contributed by atoms with van der Waals surface area (Å²) in [6.07, 6.45) is 1.37. The predicted molar refractivity (Wildman–Crippen MR) is 60.3 cm³/mol. The Morgan fingerprint density at radius 1 is 1.20 bits per heavy atom. The summed E-state index contributed by atoms with van der Waals surface area (Å²) in [6, 6.07) is 7.46. The average molecular weight is 210 g/mol. The van der Waals surface area contributed by atoms with Crippen LogP contribution in [0.1, 0.15) is 12.5 Å². The van der Waals surface area contributed by atoms with Crippen LogP contribution in [0.2, 0.25) is 0 Å². The van der Waals surface area contributed by atoms with Gasteiger partial charge in [0.05, 0.1) is 7.11 Å². The molecule has 3 heteroatoms. The molecular weight excluding hydrogens is 192 g/mol. The SMILES string of the molecule is CCOC.COc1ccc(CC=O)cc1. The molecule has 0 aliphatic carbocycles. The Hall–Kier alpha value is -1.35. The third kappa shape index (κ3) is 6.69. The van der Waals surface area contributed by atoms with Gasteiger partial charge in [-0.2, -0.15) is 0 Å². The normalized spacial score (nSPS) is 8.73. The fourth-order valence-electron chi connectivity index (χ4n) is 0.858. The van der Waals surface area contributed by atoms with Crippen molar-refractivity contribution < 1.29 is 14.3 Å². The lowest BCUT2D eigenvalue weighted by atomic mass is 10.2. The number of aldehydes is 1. The summed E-state index contributed by atoms with van der Waals surface area (Å²) in [7, 11) is 3.30. The molecule has 84 valence electrons. The summed E-state index contributed by atoms with van der Waals surface area (Å²) in [4.78, 5) is 10.1. The zero-order valence-corrected chi connectivity index (χ0v) is 9.53. The molecule has 0 aliphatic rings. The van der Waals surface area contributed by atoms with Crippen LogP contribution >= 0.6 is 0 Å². The van der Waals surface area contributed by atoms with Crippen LogP contribution in [0.3, 0.4) is 0 Å². The van der Waals surface area contributed by atoms with Gasteiger partial charge in [-0.25, -0.2) is 0 Å². The Morgan fingerprint density at radius 3 is 2.07 bits per heavy atom. The van der Waals surface area contributed by atoms with E-state index in [1.54, 1.807) is 14.2 Å². The minimum Gasteiger partial charge on any atom is -0.497 e. The van der Waals surface area contributed by atoms with Gasteiger partial charge in [0, 0.05) is 20.1 Å². The Labute approximate surface area is 91.0 Å². The summed E-state index contributed by atoms with van der Waals surface area (Å²) < 4.78 is 9.50. The summed E-state index contributed by atoms with van der Waals surface area (Å²) in [5.74, 6) is 0.819. The smallest absolute Gasteiger partial charge is 0.124 e. The third-order valence-electron chi connectivity index (χ3n) is 1.77. The lowest BCUT2D eigenvalue weighted by Crippen LogP contribution is -1.86. The van der Waals surface area contributed by atoms with Gasteiger partial charge in [0.2, 0.25) is 0 Å². The highest BCUT2D eigenvalue weighted by atomic mass is 16.5. The minimum absolute atomic E-state index is 0.476. The highest BCUT2D eigenvalue weighted by Gasteiger charge is 1.91. The van der Waals surface area contributed by atoms with Gasteiger partial charge in [-0.3, -0.25) is 0 Å². The van der Waals surface area contributed by atoms with E-state index in [1.807, 2.05) is 31.2 Å². The van der Waals surface area contributed by atoms with Crippen LogP contribution in [0.25, 0.3) is 0 Å². The number of carbonyl (C=O) groups excluding carboxylic acids is 1. The van der Waals surface area contributed by atoms with Gasteiger partial charge in [-0.05, 0) is 24.6 Å². The fraction of sp³-hybridized carbons (Fsp3) is 0.417. The standard InChI is InChI=1S/C9H10O2.C3H8O/c1-11-9-4-2-8(3-5-9)6-7-10;1-3-4-2/h2-5,7H,6H2,1H3;3H2,1-2H3. The molecule has 1 aromatic rings.